The van der Waals surface area contributed by atoms with E-state index in [4.69, 9.17) is 4.74 Å². The van der Waals surface area contributed by atoms with Gasteiger partial charge >= 0.3 is 5.97 Å². The molecule has 4 atom stereocenters. The third kappa shape index (κ3) is 5.95. The number of esters is 1. The fourth-order valence-corrected chi connectivity index (χ4v) is 3.50. The van der Waals surface area contributed by atoms with Crippen molar-refractivity contribution in [1.82, 2.24) is 4.90 Å². The molecule has 0 fully saturated rings. The summed E-state index contributed by atoms with van der Waals surface area (Å²) in [5, 5.41) is 20.6. The number of aliphatic hydroxyl groups is 1. The van der Waals surface area contributed by atoms with Gasteiger partial charge in [-0.05, 0) is 30.0 Å². The molecule has 0 aromatic heterocycles. The second-order valence-corrected chi connectivity index (χ2v) is 7.56. The van der Waals surface area contributed by atoms with E-state index < -0.39 is 6.10 Å². The summed E-state index contributed by atoms with van der Waals surface area (Å²) in [5.41, 5.74) is 2.27. The van der Waals surface area contributed by atoms with Gasteiger partial charge in [-0.2, -0.15) is 5.26 Å². The van der Waals surface area contributed by atoms with E-state index in [1.54, 1.807) is 11.9 Å². The molecule has 0 spiro atoms. The van der Waals surface area contributed by atoms with Crippen molar-refractivity contribution in [1.29, 1.82) is 5.26 Å². The number of methoxy groups -OCH3 is 1. The molecule has 1 N–H and O–H groups in total. The van der Waals surface area contributed by atoms with Crippen LogP contribution < -0.4 is 0 Å². The lowest BCUT2D eigenvalue weighted by Gasteiger charge is -2.31. The van der Waals surface area contributed by atoms with Gasteiger partial charge in [0.15, 0.2) is 0 Å². The zero-order valence-corrected chi connectivity index (χ0v) is 18.0. The van der Waals surface area contributed by atoms with Crippen LogP contribution in [0.5, 0.6) is 0 Å². The summed E-state index contributed by atoms with van der Waals surface area (Å²) in [4.78, 5) is 13.6. The highest BCUT2D eigenvalue weighted by atomic mass is 16.5. The van der Waals surface area contributed by atoms with Crippen molar-refractivity contribution in [3.63, 3.8) is 0 Å². The minimum Gasteiger partial charge on any atom is -0.469 e. The van der Waals surface area contributed by atoms with Crippen molar-refractivity contribution >= 4 is 5.97 Å². The first-order chi connectivity index (χ1) is 14.4. The Morgan fingerprint density at radius 2 is 1.63 bits per heavy atom. The van der Waals surface area contributed by atoms with Gasteiger partial charge in [0.2, 0.25) is 0 Å². The van der Waals surface area contributed by atoms with Crippen LogP contribution in [0.3, 0.4) is 0 Å². The maximum atomic E-state index is 11.9. The molecule has 0 amide bonds. The lowest BCUT2D eigenvalue weighted by molar-refractivity contribution is -0.141. The zero-order chi connectivity index (χ0) is 22.1. The molecule has 30 heavy (non-hydrogen) atoms. The van der Waals surface area contributed by atoms with Gasteiger partial charge in [-0.3, -0.25) is 4.79 Å². The Bertz CT molecular complexity index is 874. The highest BCUT2D eigenvalue weighted by molar-refractivity contribution is 5.69. The molecule has 0 aliphatic rings. The molecule has 0 radical (unpaired) electrons. The molecular formula is C25H30N2O3. The smallest absolute Gasteiger partial charge is 0.305 e. The van der Waals surface area contributed by atoms with Crippen LogP contribution in [-0.4, -0.2) is 36.2 Å². The third-order valence-corrected chi connectivity index (χ3v) is 5.55. The monoisotopic (exact) mass is 406 g/mol. The number of nitrogens with zero attached hydrogens (tertiary/aromatic N) is 2. The second-order valence-electron chi connectivity index (χ2n) is 7.56. The van der Waals surface area contributed by atoms with Crippen LogP contribution in [0.4, 0.5) is 0 Å². The van der Waals surface area contributed by atoms with E-state index in [1.165, 1.54) is 7.11 Å². The summed E-state index contributed by atoms with van der Waals surface area (Å²) in [6.07, 6.45) is 1.39. The van der Waals surface area contributed by atoms with Crippen LogP contribution in [0.2, 0.25) is 0 Å². The minimum absolute atomic E-state index is 0.0639. The van der Waals surface area contributed by atoms with Gasteiger partial charge in [0, 0.05) is 19.4 Å². The molecule has 158 valence electrons. The number of likely N-dealkylation sites (N-methyl/N-ethyl adjacent to an activating group) is 1. The Labute approximate surface area is 179 Å². The van der Waals surface area contributed by atoms with E-state index in [0.717, 1.165) is 11.1 Å². The summed E-state index contributed by atoms with van der Waals surface area (Å²) >= 11 is 0. The van der Waals surface area contributed by atoms with Crippen molar-refractivity contribution < 1.29 is 14.6 Å². The van der Waals surface area contributed by atoms with Gasteiger partial charge < -0.3 is 14.7 Å². The minimum atomic E-state index is -0.740. The predicted molar refractivity (Wildman–Crippen MR) is 117 cm³/mol. The Kier molecular flexibility index (Phi) is 8.64. The maximum Gasteiger partial charge on any atom is 0.305 e. The number of rotatable bonds is 9. The van der Waals surface area contributed by atoms with E-state index in [9.17, 15) is 15.2 Å². The van der Waals surface area contributed by atoms with E-state index >= 15 is 0 Å². The van der Waals surface area contributed by atoms with Gasteiger partial charge in [-0.25, -0.2) is 0 Å². The number of carbonyl (C=O) groups excluding carboxylic acids is 1. The number of allylic oxidation sites excluding steroid dienone is 2. The van der Waals surface area contributed by atoms with Crippen LogP contribution in [0.25, 0.3) is 0 Å². The average molecular weight is 407 g/mol. The summed E-state index contributed by atoms with van der Waals surface area (Å²) in [5.74, 6) is -0.494. The van der Waals surface area contributed by atoms with Gasteiger partial charge in [0.1, 0.15) is 11.8 Å². The lowest BCUT2D eigenvalue weighted by atomic mass is 9.84. The summed E-state index contributed by atoms with van der Waals surface area (Å²) < 4.78 is 4.84. The highest BCUT2D eigenvalue weighted by Crippen LogP contribution is 2.31. The first-order valence-corrected chi connectivity index (χ1v) is 10.1. The number of hydrogen-bond acceptors (Lipinski definition) is 5. The maximum absolute atomic E-state index is 11.9. The lowest BCUT2D eigenvalue weighted by Crippen LogP contribution is -2.34. The molecule has 0 unspecified atom stereocenters. The predicted octanol–water partition coefficient (Wildman–Crippen LogP) is 4.43. The Balaban J connectivity index is 2.33. The summed E-state index contributed by atoms with van der Waals surface area (Å²) in [6, 6.07) is 21.2. The molecule has 2 rings (SSSR count). The quantitative estimate of drug-likeness (QED) is 0.493. The van der Waals surface area contributed by atoms with Gasteiger partial charge in [-0.1, -0.05) is 67.6 Å². The van der Waals surface area contributed by atoms with E-state index in [-0.39, 0.29) is 30.3 Å². The molecule has 0 saturated carbocycles. The molecule has 2 aromatic rings. The number of aliphatic hydroxyl groups excluding tert-OH is 1. The Morgan fingerprint density at radius 1 is 1.10 bits per heavy atom. The number of hydrogen-bond donors (Lipinski definition) is 1. The van der Waals surface area contributed by atoms with Crippen LogP contribution in [-0.2, 0) is 9.53 Å². The number of ether oxygens (including phenoxy) is 1. The Morgan fingerprint density at radius 3 is 2.13 bits per heavy atom. The Hall–Kier alpha value is -3.10. The zero-order valence-electron chi connectivity index (χ0n) is 18.0. The van der Waals surface area contributed by atoms with E-state index in [0.29, 0.717) is 5.70 Å². The molecule has 0 saturated heterocycles. The SMILES string of the molecule is COC(=O)C[C@H](C)[C@@H](/C=C(\C#N)N(C)[C@@H](C)[C@H](O)c1ccccc1)c1ccccc1. The second kappa shape index (κ2) is 11.2. The van der Waals surface area contributed by atoms with Gasteiger partial charge in [0.05, 0.1) is 19.3 Å². The summed E-state index contributed by atoms with van der Waals surface area (Å²) in [6.45, 7) is 3.86. The fraction of sp³-hybridized carbons (Fsp3) is 0.360. The fourth-order valence-electron chi connectivity index (χ4n) is 3.50. The standard InChI is InChI=1S/C25H30N2O3/c1-18(15-24(28)30-4)23(20-11-7-5-8-12-20)16-22(17-26)27(3)19(2)25(29)21-13-9-6-10-14-21/h5-14,16,18-19,23,25,29H,15H2,1-4H3/b22-16+/t18-,19-,23+,25-/m0/s1. The van der Waals surface area contributed by atoms with Crippen LogP contribution in [0.1, 0.15) is 43.4 Å². The van der Waals surface area contributed by atoms with Crippen molar-refractivity contribution in [3.8, 4) is 6.07 Å². The molecule has 0 aliphatic carbocycles. The molecule has 5 nitrogen and oxygen atoms in total. The van der Waals surface area contributed by atoms with Crippen molar-refractivity contribution in [3.05, 3.63) is 83.6 Å². The molecule has 0 bridgehead atoms. The largest absolute Gasteiger partial charge is 0.469 e. The normalized spacial score (nSPS) is 15.4. The third-order valence-electron chi connectivity index (χ3n) is 5.55. The first-order valence-electron chi connectivity index (χ1n) is 10.1. The first kappa shape index (κ1) is 23.2. The van der Waals surface area contributed by atoms with E-state index in [2.05, 4.69) is 6.07 Å². The molecule has 5 heteroatoms. The topological polar surface area (TPSA) is 73.6 Å². The molecule has 0 aliphatic heterocycles. The summed E-state index contributed by atoms with van der Waals surface area (Å²) in [7, 11) is 3.18. The number of nitriles is 1. The van der Waals surface area contributed by atoms with Crippen LogP contribution in [0, 0.1) is 17.2 Å². The van der Waals surface area contributed by atoms with Crippen LogP contribution >= 0.6 is 0 Å². The van der Waals surface area contributed by atoms with Gasteiger partial charge in [0.25, 0.3) is 0 Å². The van der Waals surface area contributed by atoms with Crippen LogP contribution in [0.15, 0.2) is 72.4 Å². The number of carbonyl (C=O) groups is 1. The molecular weight excluding hydrogens is 376 g/mol. The van der Waals surface area contributed by atoms with Crippen molar-refractivity contribution in [2.45, 2.75) is 38.3 Å². The van der Waals surface area contributed by atoms with Crippen molar-refractivity contribution in [2.75, 3.05) is 14.2 Å². The van der Waals surface area contributed by atoms with Crippen molar-refractivity contribution in [2.24, 2.45) is 5.92 Å². The average Bonchev–Trinajstić information content (AvgIpc) is 2.79. The highest BCUT2D eigenvalue weighted by Gasteiger charge is 2.25. The molecule has 0 heterocycles. The van der Waals surface area contributed by atoms with Gasteiger partial charge in [-0.15, -0.1) is 0 Å². The molecule has 2 aromatic carbocycles. The number of benzene rings is 2. The van der Waals surface area contributed by atoms with E-state index in [1.807, 2.05) is 80.6 Å².